The Labute approximate surface area is 232 Å². The second-order valence-corrected chi connectivity index (χ2v) is 10.8. The van der Waals surface area contributed by atoms with E-state index in [2.05, 4.69) is 42.3 Å². The Bertz CT molecular complexity index is 985. The standard InChI is InChI=1S/C24H36ClFN6S.C4H8/c1-4-7-8-12-31(11-5-2)19-14-18(15-29-16-19)21(27)17-32(28)24-20(26)9-10-22(23(24)25)30-33-13-6-3;1-4-2-3-4/h9-10,14-17,30H,4-8,11-13,27-28H2,1-3H3;4H,2-3H2,1H3/b21-17-;. The molecule has 1 saturated carbocycles. The van der Waals surface area contributed by atoms with Gasteiger partial charge < -0.3 is 15.4 Å². The number of hydrogen-bond acceptors (Lipinski definition) is 7. The lowest BCUT2D eigenvalue weighted by atomic mass is 10.2. The van der Waals surface area contributed by atoms with Crippen molar-refractivity contribution in [1.82, 2.24) is 4.98 Å². The van der Waals surface area contributed by atoms with E-state index in [0.717, 1.165) is 54.7 Å². The number of rotatable bonds is 14. The zero-order chi connectivity index (χ0) is 27.2. The fourth-order valence-electron chi connectivity index (χ4n) is 3.49. The number of anilines is 3. The number of pyridine rings is 1. The maximum Gasteiger partial charge on any atom is 0.149 e. The minimum atomic E-state index is -0.533. The van der Waals surface area contributed by atoms with Crippen LogP contribution in [0.4, 0.5) is 21.5 Å². The first-order chi connectivity index (χ1) is 17.8. The molecular weight excluding hydrogens is 507 g/mol. The van der Waals surface area contributed by atoms with Crippen molar-refractivity contribution in [3.05, 3.63) is 53.2 Å². The molecule has 0 atom stereocenters. The van der Waals surface area contributed by atoms with Crippen LogP contribution in [0.3, 0.4) is 0 Å². The molecule has 0 aliphatic heterocycles. The number of nitrogens with zero attached hydrogens (tertiary/aromatic N) is 3. The minimum absolute atomic E-state index is 0.0537. The summed E-state index contributed by atoms with van der Waals surface area (Å²) in [5.74, 6) is 7.62. The van der Waals surface area contributed by atoms with E-state index in [1.54, 1.807) is 12.3 Å². The zero-order valence-electron chi connectivity index (χ0n) is 22.8. The maximum atomic E-state index is 14.6. The molecule has 0 saturated heterocycles. The Balaban J connectivity index is 0.00000109. The summed E-state index contributed by atoms with van der Waals surface area (Å²) in [5.41, 5.74) is 9.07. The summed E-state index contributed by atoms with van der Waals surface area (Å²) in [4.78, 5) is 6.69. The van der Waals surface area contributed by atoms with E-state index in [4.69, 9.17) is 23.2 Å². The van der Waals surface area contributed by atoms with Crippen LogP contribution in [0.5, 0.6) is 0 Å². The number of aromatic nitrogens is 1. The Morgan fingerprint density at radius 3 is 2.51 bits per heavy atom. The van der Waals surface area contributed by atoms with Crippen molar-refractivity contribution < 1.29 is 4.39 Å². The number of hydrazine groups is 1. The third-order valence-corrected chi connectivity index (χ3v) is 7.26. The second-order valence-electron chi connectivity index (χ2n) is 9.51. The highest BCUT2D eigenvalue weighted by Crippen LogP contribution is 2.36. The molecule has 206 valence electrons. The molecule has 5 N–H and O–H groups in total. The third kappa shape index (κ3) is 10.6. The first-order valence-electron chi connectivity index (χ1n) is 13.4. The smallest absolute Gasteiger partial charge is 0.149 e. The summed E-state index contributed by atoms with van der Waals surface area (Å²) in [6, 6.07) is 4.92. The number of nitrogens with two attached hydrogens (primary N) is 2. The van der Waals surface area contributed by atoms with Gasteiger partial charge in [0, 0.05) is 36.8 Å². The third-order valence-electron chi connectivity index (χ3n) is 5.91. The number of halogens is 2. The van der Waals surface area contributed by atoms with Gasteiger partial charge in [-0.1, -0.05) is 76.9 Å². The van der Waals surface area contributed by atoms with E-state index in [-0.39, 0.29) is 10.7 Å². The lowest BCUT2D eigenvalue weighted by molar-refractivity contribution is 0.626. The molecule has 1 aromatic heterocycles. The molecule has 6 nitrogen and oxygen atoms in total. The predicted molar refractivity (Wildman–Crippen MR) is 161 cm³/mol. The van der Waals surface area contributed by atoms with E-state index in [1.165, 1.54) is 49.9 Å². The van der Waals surface area contributed by atoms with Gasteiger partial charge in [0.25, 0.3) is 0 Å². The van der Waals surface area contributed by atoms with Crippen molar-refractivity contribution in [2.45, 2.75) is 72.6 Å². The van der Waals surface area contributed by atoms with Gasteiger partial charge in [-0.05, 0) is 43.4 Å². The number of unbranched alkanes of at least 4 members (excludes halogenated alkanes) is 2. The highest BCUT2D eigenvalue weighted by atomic mass is 35.5. The molecule has 9 heteroatoms. The minimum Gasteiger partial charge on any atom is -0.397 e. The second kappa shape index (κ2) is 16.6. The van der Waals surface area contributed by atoms with Crippen LogP contribution < -0.4 is 26.2 Å². The first-order valence-corrected chi connectivity index (χ1v) is 14.8. The van der Waals surface area contributed by atoms with Gasteiger partial charge in [0.2, 0.25) is 0 Å². The Morgan fingerprint density at radius 1 is 1.16 bits per heavy atom. The quantitative estimate of drug-likeness (QED) is 0.0957. The lowest BCUT2D eigenvalue weighted by Gasteiger charge is -2.24. The molecule has 1 aromatic carbocycles. The molecule has 3 rings (SSSR count). The van der Waals surface area contributed by atoms with E-state index in [9.17, 15) is 4.39 Å². The van der Waals surface area contributed by atoms with Crippen molar-refractivity contribution in [2.24, 2.45) is 17.5 Å². The van der Waals surface area contributed by atoms with Crippen molar-refractivity contribution in [3.8, 4) is 0 Å². The highest BCUT2D eigenvalue weighted by Gasteiger charge is 2.17. The molecule has 2 aromatic rings. The Hall–Kier alpha value is -2.16. The molecule has 1 fully saturated rings. The molecule has 1 aliphatic rings. The van der Waals surface area contributed by atoms with Crippen LogP contribution in [0.25, 0.3) is 5.70 Å². The van der Waals surface area contributed by atoms with Gasteiger partial charge in [0.05, 0.1) is 28.3 Å². The molecule has 1 aliphatic carbocycles. The monoisotopic (exact) mass is 550 g/mol. The van der Waals surface area contributed by atoms with Crippen molar-refractivity contribution in [1.29, 1.82) is 0 Å². The largest absolute Gasteiger partial charge is 0.397 e. The highest BCUT2D eigenvalue weighted by molar-refractivity contribution is 8.00. The number of nitrogens with one attached hydrogen (secondary N) is 1. The first kappa shape index (κ1) is 31.1. The summed E-state index contributed by atoms with van der Waals surface area (Å²) in [5, 5.41) is 1.32. The van der Waals surface area contributed by atoms with Crippen LogP contribution >= 0.6 is 23.5 Å². The van der Waals surface area contributed by atoms with Gasteiger partial charge in [-0.2, -0.15) is 0 Å². The van der Waals surface area contributed by atoms with Crippen molar-refractivity contribution in [3.63, 3.8) is 0 Å². The fraction of sp³-hybridized carbons (Fsp3) is 0.536. The molecule has 37 heavy (non-hydrogen) atoms. The van der Waals surface area contributed by atoms with Gasteiger partial charge in [-0.15, -0.1) is 0 Å². The molecule has 0 spiro atoms. The fourth-order valence-corrected chi connectivity index (χ4v) is 4.48. The van der Waals surface area contributed by atoms with Crippen molar-refractivity contribution >= 4 is 46.3 Å². The SMILES string of the molecule is CC1CC1.CCCCCN(CCC)c1cncc(/C(N)=C/N(N)c2c(F)ccc(NSCCC)c2Cl)c1. The van der Waals surface area contributed by atoms with Crippen LogP contribution in [0.1, 0.15) is 78.2 Å². The molecule has 0 bridgehead atoms. The van der Waals surface area contributed by atoms with Gasteiger partial charge in [0.1, 0.15) is 11.5 Å². The van der Waals surface area contributed by atoms with Gasteiger partial charge in [-0.25, -0.2) is 10.2 Å². The van der Waals surface area contributed by atoms with Crippen molar-refractivity contribution in [2.75, 3.05) is 33.5 Å². The summed E-state index contributed by atoms with van der Waals surface area (Å²) < 4.78 is 17.7. The maximum absolute atomic E-state index is 14.6. The summed E-state index contributed by atoms with van der Waals surface area (Å²) in [6.07, 6.45) is 13.5. The van der Waals surface area contributed by atoms with E-state index >= 15 is 0 Å². The molecule has 0 unspecified atom stereocenters. The van der Waals surface area contributed by atoms with Gasteiger partial charge in [-0.3, -0.25) is 9.99 Å². The topological polar surface area (TPSA) is 83.4 Å². The number of hydrogen-bond donors (Lipinski definition) is 3. The Kier molecular flexibility index (Phi) is 14.0. The zero-order valence-corrected chi connectivity index (χ0v) is 24.3. The van der Waals surface area contributed by atoms with Crippen LogP contribution in [-0.2, 0) is 0 Å². The van der Waals surface area contributed by atoms with E-state index in [0.29, 0.717) is 16.9 Å². The van der Waals surface area contributed by atoms with Gasteiger partial charge >= 0.3 is 0 Å². The summed E-state index contributed by atoms with van der Waals surface area (Å²) >= 11 is 7.96. The van der Waals surface area contributed by atoms with Crippen LogP contribution in [-0.4, -0.2) is 23.8 Å². The average molecular weight is 551 g/mol. The van der Waals surface area contributed by atoms with Crippen LogP contribution in [0.2, 0.25) is 5.02 Å². The van der Waals surface area contributed by atoms with E-state index in [1.807, 2.05) is 12.3 Å². The lowest BCUT2D eigenvalue weighted by Crippen LogP contribution is -2.27. The number of benzene rings is 1. The Morgan fingerprint density at radius 2 is 1.89 bits per heavy atom. The summed E-state index contributed by atoms with van der Waals surface area (Å²) in [6.45, 7) is 10.6. The van der Waals surface area contributed by atoms with E-state index < -0.39 is 5.82 Å². The summed E-state index contributed by atoms with van der Waals surface area (Å²) in [7, 11) is 0. The normalized spacial score (nSPS) is 13.1. The van der Waals surface area contributed by atoms with Crippen LogP contribution in [0, 0.1) is 11.7 Å². The average Bonchev–Trinajstić information content (AvgIpc) is 3.67. The molecular formula is C28H44ClFN6S. The van der Waals surface area contributed by atoms with Gasteiger partial charge in [0.15, 0.2) is 0 Å². The molecule has 0 radical (unpaired) electrons. The molecule has 0 amide bonds. The predicted octanol–water partition coefficient (Wildman–Crippen LogP) is 7.80. The van der Waals surface area contributed by atoms with Crippen LogP contribution in [0.15, 0.2) is 36.8 Å². The molecule has 1 heterocycles.